The average molecular weight is 308 g/mol. The van der Waals surface area contributed by atoms with Crippen molar-refractivity contribution in [3.8, 4) is 0 Å². The minimum atomic E-state index is -0.920. The van der Waals surface area contributed by atoms with Gasteiger partial charge in [-0.15, -0.1) is 25.3 Å². The summed E-state index contributed by atoms with van der Waals surface area (Å²) in [4.78, 5) is 22.0. The monoisotopic (exact) mass is 308 g/mol. The second-order valence-corrected chi connectivity index (χ2v) is 4.74. The first kappa shape index (κ1) is 16.1. The van der Waals surface area contributed by atoms with Crippen molar-refractivity contribution in [2.24, 2.45) is 0 Å². The van der Waals surface area contributed by atoms with Gasteiger partial charge in [-0.25, -0.2) is 9.59 Å². The molecule has 2 rings (SSSR count). The quantitative estimate of drug-likeness (QED) is 0.642. The van der Waals surface area contributed by atoms with Gasteiger partial charge < -0.3 is 10.2 Å². The summed E-state index contributed by atoms with van der Waals surface area (Å²) in [6.07, 6.45) is 0. The van der Waals surface area contributed by atoms with E-state index in [0.717, 1.165) is 4.90 Å². The van der Waals surface area contributed by atoms with Crippen LogP contribution in [0.15, 0.2) is 58.3 Å². The Labute approximate surface area is 126 Å². The molecule has 104 valence electrons. The molecule has 0 aliphatic heterocycles. The molecular formula is C14H12O4S2. The van der Waals surface area contributed by atoms with E-state index >= 15 is 0 Å². The third-order valence-corrected chi connectivity index (χ3v) is 2.78. The zero-order valence-electron chi connectivity index (χ0n) is 10.2. The van der Waals surface area contributed by atoms with Crippen LogP contribution in [-0.2, 0) is 0 Å². The Bertz CT molecular complexity index is 609. The van der Waals surface area contributed by atoms with Crippen LogP contribution in [-0.4, -0.2) is 22.2 Å². The van der Waals surface area contributed by atoms with Crippen LogP contribution < -0.4 is 0 Å². The van der Waals surface area contributed by atoms with E-state index < -0.39 is 11.9 Å². The normalized spacial score (nSPS) is 9.30. The molecule has 0 unspecified atom stereocenters. The number of carbonyl (C=O) groups is 2. The van der Waals surface area contributed by atoms with Gasteiger partial charge in [0.2, 0.25) is 0 Å². The number of carboxylic acid groups (broad SMARTS) is 2. The number of rotatable bonds is 2. The van der Waals surface area contributed by atoms with Gasteiger partial charge in [0.05, 0.1) is 11.1 Å². The Morgan fingerprint density at radius 2 is 1.30 bits per heavy atom. The molecule has 4 nitrogen and oxygen atoms in total. The zero-order valence-corrected chi connectivity index (χ0v) is 12.0. The molecule has 0 atom stereocenters. The van der Waals surface area contributed by atoms with Gasteiger partial charge in [-0.1, -0.05) is 6.07 Å². The third kappa shape index (κ3) is 5.38. The van der Waals surface area contributed by atoms with E-state index in [1.165, 1.54) is 24.3 Å². The SMILES string of the molecule is O=C(O)c1ccc(S)cc1.O=C(O)c1cccc(S)c1. The number of hydrogen-bond donors (Lipinski definition) is 4. The lowest BCUT2D eigenvalue weighted by Crippen LogP contribution is -1.94. The van der Waals surface area contributed by atoms with E-state index in [-0.39, 0.29) is 11.1 Å². The van der Waals surface area contributed by atoms with Crippen molar-refractivity contribution in [1.82, 2.24) is 0 Å². The van der Waals surface area contributed by atoms with Crippen LogP contribution in [0.4, 0.5) is 0 Å². The molecule has 0 bridgehead atoms. The second-order valence-electron chi connectivity index (χ2n) is 3.71. The van der Waals surface area contributed by atoms with Crippen LogP contribution >= 0.6 is 25.3 Å². The van der Waals surface area contributed by atoms with Gasteiger partial charge in [0.25, 0.3) is 0 Å². The molecule has 0 fully saturated rings. The second kappa shape index (κ2) is 7.62. The van der Waals surface area contributed by atoms with Crippen LogP contribution in [0.25, 0.3) is 0 Å². The van der Waals surface area contributed by atoms with Crippen molar-refractivity contribution in [1.29, 1.82) is 0 Å². The van der Waals surface area contributed by atoms with Crippen molar-refractivity contribution in [3.63, 3.8) is 0 Å². The summed E-state index contributed by atoms with van der Waals surface area (Å²) >= 11 is 7.99. The molecule has 0 spiro atoms. The fourth-order valence-corrected chi connectivity index (χ4v) is 1.62. The average Bonchev–Trinajstić information content (AvgIpc) is 2.40. The first-order valence-electron chi connectivity index (χ1n) is 5.45. The molecule has 0 aromatic heterocycles. The zero-order chi connectivity index (χ0) is 15.1. The van der Waals surface area contributed by atoms with Gasteiger partial charge in [0.15, 0.2) is 0 Å². The highest BCUT2D eigenvalue weighted by Crippen LogP contribution is 2.08. The molecule has 2 aromatic rings. The Balaban J connectivity index is 0.000000200. The number of aromatic carboxylic acids is 2. The molecule has 20 heavy (non-hydrogen) atoms. The van der Waals surface area contributed by atoms with Gasteiger partial charge in [-0.2, -0.15) is 0 Å². The molecule has 0 heterocycles. The molecule has 6 heteroatoms. The molecule has 0 saturated carbocycles. The van der Waals surface area contributed by atoms with E-state index in [9.17, 15) is 9.59 Å². The highest BCUT2D eigenvalue weighted by Gasteiger charge is 2.00. The largest absolute Gasteiger partial charge is 0.478 e. The van der Waals surface area contributed by atoms with Crippen LogP contribution in [0.3, 0.4) is 0 Å². The Kier molecular flexibility index (Phi) is 6.14. The Morgan fingerprint density at radius 1 is 0.750 bits per heavy atom. The van der Waals surface area contributed by atoms with Crippen molar-refractivity contribution < 1.29 is 19.8 Å². The van der Waals surface area contributed by atoms with Crippen molar-refractivity contribution in [3.05, 3.63) is 59.7 Å². The molecule has 0 amide bonds. The summed E-state index contributed by atoms with van der Waals surface area (Å²) in [7, 11) is 0. The van der Waals surface area contributed by atoms with E-state index in [1.807, 2.05) is 0 Å². The first-order valence-corrected chi connectivity index (χ1v) is 6.34. The van der Waals surface area contributed by atoms with E-state index in [0.29, 0.717) is 4.90 Å². The smallest absolute Gasteiger partial charge is 0.335 e. The Hall–Kier alpha value is -1.92. The maximum Gasteiger partial charge on any atom is 0.335 e. The fraction of sp³-hybridized carbons (Fsp3) is 0. The predicted molar refractivity (Wildman–Crippen MR) is 81.3 cm³/mol. The number of carboxylic acids is 2. The molecular weight excluding hydrogens is 296 g/mol. The standard InChI is InChI=1S/2C7H6O2S/c8-7(9)5-1-3-6(10)4-2-5;8-7(9)5-2-1-3-6(10)4-5/h2*1-4,10H,(H,8,9). The summed E-state index contributed by atoms with van der Waals surface area (Å²) in [6.45, 7) is 0. The molecule has 2 aromatic carbocycles. The van der Waals surface area contributed by atoms with Gasteiger partial charge in [-0.3, -0.25) is 0 Å². The van der Waals surface area contributed by atoms with Gasteiger partial charge in [0, 0.05) is 9.79 Å². The van der Waals surface area contributed by atoms with Gasteiger partial charge in [0.1, 0.15) is 0 Å². The minimum Gasteiger partial charge on any atom is -0.478 e. The lowest BCUT2D eigenvalue weighted by molar-refractivity contribution is 0.0686. The highest BCUT2D eigenvalue weighted by molar-refractivity contribution is 7.80. The molecule has 2 N–H and O–H groups in total. The van der Waals surface area contributed by atoms with Crippen molar-refractivity contribution >= 4 is 37.2 Å². The molecule has 0 aliphatic rings. The summed E-state index contributed by atoms with van der Waals surface area (Å²) in [5, 5.41) is 16.9. The summed E-state index contributed by atoms with van der Waals surface area (Å²) in [5.74, 6) is -1.83. The first-order chi connectivity index (χ1) is 9.40. The van der Waals surface area contributed by atoms with Gasteiger partial charge >= 0.3 is 11.9 Å². The Morgan fingerprint density at radius 3 is 1.70 bits per heavy atom. The van der Waals surface area contributed by atoms with E-state index in [2.05, 4.69) is 25.3 Å². The third-order valence-electron chi connectivity index (χ3n) is 2.21. The van der Waals surface area contributed by atoms with Gasteiger partial charge in [-0.05, 0) is 42.5 Å². The van der Waals surface area contributed by atoms with Crippen LogP contribution in [0, 0.1) is 0 Å². The van der Waals surface area contributed by atoms with E-state index in [1.54, 1.807) is 24.3 Å². The van der Waals surface area contributed by atoms with Crippen LogP contribution in [0.5, 0.6) is 0 Å². The maximum absolute atomic E-state index is 10.3. The van der Waals surface area contributed by atoms with Crippen LogP contribution in [0.1, 0.15) is 20.7 Å². The number of benzene rings is 2. The maximum atomic E-state index is 10.3. The predicted octanol–water partition coefficient (Wildman–Crippen LogP) is 3.35. The molecule has 0 aliphatic carbocycles. The lowest BCUT2D eigenvalue weighted by atomic mass is 10.2. The summed E-state index contributed by atoms with van der Waals surface area (Å²) in [6, 6.07) is 12.8. The molecule has 0 radical (unpaired) electrons. The summed E-state index contributed by atoms with van der Waals surface area (Å²) in [5.41, 5.74) is 0.560. The minimum absolute atomic E-state index is 0.271. The summed E-state index contributed by atoms with van der Waals surface area (Å²) < 4.78 is 0. The number of thiol groups is 2. The molecule has 0 saturated heterocycles. The topological polar surface area (TPSA) is 74.6 Å². The van der Waals surface area contributed by atoms with E-state index in [4.69, 9.17) is 10.2 Å². The fourth-order valence-electron chi connectivity index (χ4n) is 1.24. The van der Waals surface area contributed by atoms with Crippen LogP contribution in [0.2, 0.25) is 0 Å². The van der Waals surface area contributed by atoms with Crippen molar-refractivity contribution in [2.75, 3.05) is 0 Å². The van der Waals surface area contributed by atoms with Crippen molar-refractivity contribution in [2.45, 2.75) is 9.79 Å². The number of hydrogen-bond acceptors (Lipinski definition) is 4. The lowest BCUT2D eigenvalue weighted by Gasteiger charge is -1.92. The highest BCUT2D eigenvalue weighted by atomic mass is 32.1.